The highest BCUT2D eigenvalue weighted by molar-refractivity contribution is 6.30. The Morgan fingerprint density at radius 2 is 1.71 bits per heavy atom. The normalized spacial score (nSPS) is 23.4. The maximum absolute atomic E-state index is 12.9. The van der Waals surface area contributed by atoms with Crippen LogP contribution >= 0.6 is 11.6 Å². The van der Waals surface area contributed by atoms with Crippen LogP contribution in [0.3, 0.4) is 0 Å². The Hall–Kier alpha value is -2.58. The highest BCUT2D eigenvalue weighted by atomic mass is 35.5. The summed E-state index contributed by atoms with van der Waals surface area (Å²) in [5.74, 6) is 2.49. The Morgan fingerprint density at radius 1 is 0.921 bits per heavy atom. The minimum absolute atomic E-state index is 0.0490. The summed E-state index contributed by atoms with van der Waals surface area (Å²) in [6.45, 7) is 5.79. The third-order valence-corrected chi connectivity index (χ3v) is 8.30. The zero-order chi connectivity index (χ0) is 26.2. The number of ether oxygens (including phenoxy) is 1. The third kappa shape index (κ3) is 7.50. The fourth-order valence-corrected chi connectivity index (χ4v) is 6.07. The molecule has 38 heavy (non-hydrogen) atoms. The van der Waals surface area contributed by atoms with E-state index in [-0.39, 0.29) is 12.5 Å². The van der Waals surface area contributed by atoms with Crippen molar-refractivity contribution in [2.75, 3.05) is 56.1 Å². The van der Waals surface area contributed by atoms with Crippen molar-refractivity contribution in [3.05, 3.63) is 41.6 Å². The summed E-state index contributed by atoms with van der Waals surface area (Å²) < 4.78 is 5.73. The lowest BCUT2D eigenvalue weighted by atomic mass is 10.0. The number of nitrogens with one attached hydrogen (secondary N) is 1. The van der Waals surface area contributed by atoms with Gasteiger partial charge < -0.3 is 19.9 Å². The van der Waals surface area contributed by atoms with Gasteiger partial charge in [-0.05, 0) is 75.4 Å². The molecule has 0 aliphatic carbocycles. The first-order valence-electron chi connectivity index (χ1n) is 14.4. The highest BCUT2D eigenvalue weighted by Gasteiger charge is 2.30. The maximum Gasteiger partial charge on any atom is 0.260 e. The van der Waals surface area contributed by atoms with Crippen molar-refractivity contribution >= 4 is 29.3 Å². The van der Waals surface area contributed by atoms with Crippen molar-refractivity contribution in [1.29, 1.82) is 0 Å². The molecule has 206 valence electrons. The number of amides is 1. The van der Waals surface area contributed by atoms with Gasteiger partial charge in [-0.3, -0.25) is 9.69 Å². The summed E-state index contributed by atoms with van der Waals surface area (Å²) in [5.41, 5.74) is 0. The average molecular weight is 541 g/mol. The van der Waals surface area contributed by atoms with Crippen LogP contribution in [0.15, 0.2) is 36.5 Å². The van der Waals surface area contributed by atoms with Crippen LogP contribution in [0.25, 0.3) is 0 Å². The summed E-state index contributed by atoms with van der Waals surface area (Å²) in [5, 5.41) is 4.32. The van der Waals surface area contributed by atoms with E-state index in [4.69, 9.17) is 21.3 Å². The van der Waals surface area contributed by atoms with E-state index < -0.39 is 0 Å². The SMILES string of the molecule is O=C(COc1ccc(Cl)cc1)N1CCCC(N2CCCCC(Nc3nccc(N4CCCCCC4)n3)C2)C1. The third-order valence-electron chi connectivity index (χ3n) is 8.05. The van der Waals surface area contributed by atoms with Gasteiger partial charge in [0.05, 0.1) is 0 Å². The molecule has 3 aliphatic heterocycles. The van der Waals surface area contributed by atoms with Gasteiger partial charge in [0, 0.05) is 56.0 Å². The molecule has 5 rings (SSSR count). The number of benzene rings is 1. The lowest BCUT2D eigenvalue weighted by molar-refractivity contribution is -0.135. The number of nitrogens with zero attached hydrogens (tertiary/aromatic N) is 5. The molecule has 0 bridgehead atoms. The van der Waals surface area contributed by atoms with Gasteiger partial charge in [-0.25, -0.2) is 4.98 Å². The van der Waals surface area contributed by atoms with E-state index in [1.807, 2.05) is 17.2 Å². The van der Waals surface area contributed by atoms with Gasteiger partial charge in [0.1, 0.15) is 11.6 Å². The number of anilines is 2. The maximum atomic E-state index is 12.9. The smallest absolute Gasteiger partial charge is 0.260 e. The summed E-state index contributed by atoms with van der Waals surface area (Å²) in [4.78, 5) is 29.4. The Kier molecular flexibility index (Phi) is 9.57. The van der Waals surface area contributed by atoms with Gasteiger partial charge in [0.2, 0.25) is 5.95 Å². The molecule has 1 N–H and O–H groups in total. The second-order valence-corrected chi connectivity index (χ2v) is 11.3. The number of likely N-dealkylation sites (tertiary alicyclic amines) is 2. The number of carbonyl (C=O) groups excluding carboxylic acids is 1. The molecule has 3 fully saturated rings. The minimum Gasteiger partial charge on any atom is -0.484 e. The van der Waals surface area contributed by atoms with E-state index in [1.165, 1.54) is 38.5 Å². The quantitative estimate of drug-likeness (QED) is 0.538. The number of halogens is 1. The van der Waals surface area contributed by atoms with Gasteiger partial charge in [-0.2, -0.15) is 4.98 Å². The fraction of sp³-hybridized carbons (Fsp3) is 0.621. The van der Waals surface area contributed by atoms with Crippen molar-refractivity contribution in [3.63, 3.8) is 0 Å². The van der Waals surface area contributed by atoms with Crippen molar-refractivity contribution in [2.24, 2.45) is 0 Å². The molecule has 0 radical (unpaired) electrons. The molecule has 2 atom stereocenters. The molecule has 1 aromatic heterocycles. The molecule has 0 spiro atoms. The van der Waals surface area contributed by atoms with Crippen LogP contribution < -0.4 is 15.0 Å². The number of hydrogen-bond donors (Lipinski definition) is 1. The van der Waals surface area contributed by atoms with Gasteiger partial charge in [0.15, 0.2) is 6.61 Å². The first-order chi connectivity index (χ1) is 18.6. The van der Waals surface area contributed by atoms with E-state index in [0.29, 0.717) is 22.9 Å². The van der Waals surface area contributed by atoms with Crippen LogP contribution in [-0.4, -0.2) is 83.6 Å². The van der Waals surface area contributed by atoms with Crippen LogP contribution in [0.1, 0.15) is 57.8 Å². The molecular weight excluding hydrogens is 500 g/mol. The van der Waals surface area contributed by atoms with Gasteiger partial charge in [-0.15, -0.1) is 0 Å². The van der Waals surface area contributed by atoms with E-state index in [0.717, 1.165) is 70.3 Å². The number of aromatic nitrogens is 2. The van der Waals surface area contributed by atoms with Crippen molar-refractivity contribution < 1.29 is 9.53 Å². The minimum atomic E-state index is 0.0490. The fourth-order valence-electron chi connectivity index (χ4n) is 5.94. The van der Waals surface area contributed by atoms with Crippen LogP contribution in [-0.2, 0) is 4.79 Å². The van der Waals surface area contributed by atoms with Gasteiger partial charge in [0.25, 0.3) is 5.91 Å². The number of hydrogen-bond acceptors (Lipinski definition) is 7. The zero-order valence-electron chi connectivity index (χ0n) is 22.4. The van der Waals surface area contributed by atoms with Crippen molar-refractivity contribution in [3.8, 4) is 5.75 Å². The summed E-state index contributed by atoms with van der Waals surface area (Å²) >= 11 is 5.95. The first kappa shape index (κ1) is 27.0. The lowest BCUT2D eigenvalue weighted by Crippen LogP contribution is -2.52. The van der Waals surface area contributed by atoms with Crippen LogP contribution in [0.2, 0.25) is 5.02 Å². The van der Waals surface area contributed by atoms with Crippen LogP contribution in [0.4, 0.5) is 11.8 Å². The van der Waals surface area contributed by atoms with Gasteiger partial charge >= 0.3 is 0 Å². The van der Waals surface area contributed by atoms with Crippen LogP contribution in [0.5, 0.6) is 5.75 Å². The standard InChI is InChI=1S/C29H41ClN6O2/c30-23-10-12-26(13-11-23)38-22-28(37)36-19-7-9-25(21-36)35-18-6-3-8-24(20-35)32-29-31-15-14-27(33-29)34-16-4-1-2-5-17-34/h10-15,24-25H,1-9,16-22H2,(H,31,32,33). The average Bonchev–Trinajstić information content (AvgIpc) is 3.36. The van der Waals surface area contributed by atoms with E-state index in [1.54, 1.807) is 24.3 Å². The lowest BCUT2D eigenvalue weighted by Gasteiger charge is -2.40. The molecule has 3 aliphatic rings. The van der Waals surface area contributed by atoms with E-state index in [2.05, 4.69) is 20.1 Å². The molecule has 8 nitrogen and oxygen atoms in total. The summed E-state index contributed by atoms with van der Waals surface area (Å²) in [7, 11) is 0. The Morgan fingerprint density at radius 3 is 2.53 bits per heavy atom. The van der Waals surface area contributed by atoms with Gasteiger partial charge in [-0.1, -0.05) is 30.9 Å². The molecule has 2 unspecified atom stereocenters. The van der Waals surface area contributed by atoms with Crippen molar-refractivity contribution in [2.45, 2.75) is 69.9 Å². The highest BCUT2D eigenvalue weighted by Crippen LogP contribution is 2.23. The Bertz CT molecular complexity index is 1030. The largest absolute Gasteiger partial charge is 0.484 e. The van der Waals surface area contributed by atoms with Crippen LogP contribution in [0, 0.1) is 0 Å². The van der Waals surface area contributed by atoms with E-state index >= 15 is 0 Å². The molecule has 9 heteroatoms. The zero-order valence-corrected chi connectivity index (χ0v) is 23.1. The Balaban J connectivity index is 1.15. The van der Waals surface area contributed by atoms with E-state index in [9.17, 15) is 4.79 Å². The second-order valence-electron chi connectivity index (χ2n) is 10.9. The summed E-state index contributed by atoms with van der Waals surface area (Å²) in [6, 6.07) is 9.86. The number of piperidine rings is 1. The number of rotatable bonds is 7. The predicted octanol–water partition coefficient (Wildman–Crippen LogP) is 4.85. The molecule has 4 heterocycles. The van der Waals surface area contributed by atoms with Crippen molar-refractivity contribution in [1.82, 2.24) is 19.8 Å². The molecule has 1 amide bonds. The topological polar surface area (TPSA) is 73.8 Å². The monoisotopic (exact) mass is 540 g/mol. The number of carbonyl (C=O) groups is 1. The molecule has 3 saturated heterocycles. The second kappa shape index (κ2) is 13.5. The summed E-state index contributed by atoms with van der Waals surface area (Å²) in [6.07, 6.45) is 12.6. The molecule has 0 saturated carbocycles. The molecular formula is C29H41ClN6O2. The first-order valence-corrected chi connectivity index (χ1v) is 14.8. The Labute approximate surface area is 231 Å². The molecule has 1 aromatic carbocycles. The predicted molar refractivity (Wildman–Crippen MR) is 152 cm³/mol. The molecule has 2 aromatic rings.